The summed E-state index contributed by atoms with van der Waals surface area (Å²) in [6.45, 7) is 7.29. The number of aliphatic hydroxyl groups is 1. The van der Waals surface area contributed by atoms with Crippen LogP contribution in [0.15, 0.2) is 54.6 Å². The zero-order valence-corrected chi connectivity index (χ0v) is 18.1. The molecule has 2 aromatic rings. The van der Waals surface area contributed by atoms with Crippen molar-refractivity contribution in [3.63, 3.8) is 0 Å². The van der Waals surface area contributed by atoms with E-state index >= 15 is 0 Å². The molecule has 30 heavy (non-hydrogen) atoms. The Hall–Kier alpha value is -2.37. The molecule has 2 unspecified atom stereocenters. The second-order valence-corrected chi connectivity index (χ2v) is 8.52. The first-order valence-electron chi connectivity index (χ1n) is 11.0. The summed E-state index contributed by atoms with van der Waals surface area (Å²) in [5.74, 6) is 1.34. The molecule has 0 spiro atoms. The average Bonchev–Trinajstić information content (AvgIpc) is 2.77. The number of aliphatic hydroxyl groups excluding tert-OH is 1. The Balaban J connectivity index is 1.41. The van der Waals surface area contributed by atoms with Crippen molar-refractivity contribution in [2.45, 2.75) is 32.8 Å². The number of ether oxygens (including phenoxy) is 1. The molecule has 0 saturated carbocycles. The molecule has 2 aromatic carbocycles. The van der Waals surface area contributed by atoms with Gasteiger partial charge < -0.3 is 20.1 Å². The number of hydrogen-bond donors (Lipinski definition) is 2. The molecule has 2 atom stereocenters. The van der Waals surface area contributed by atoms with Gasteiger partial charge in [0.2, 0.25) is 5.91 Å². The molecule has 3 rings (SSSR count). The Labute approximate surface area is 180 Å². The van der Waals surface area contributed by atoms with Crippen LogP contribution in [0.4, 0.5) is 0 Å². The number of nitrogens with one attached hydrogen (secondary N) is 1. The van der Waals surface area contributed by atoms with Crippen molar-refractivity contribution in [3.8, 4) is 16.9 Å². The molecule has 5 nitrogen and oxygen atoms in total. The van der Waals surface area contributed by atoms with Crippen molar-refractivity contribution in [3.05, 3.63) is 54.6 Å². The fraction of sp³-hybridized carbons (Fsp3) is 0.480. The standard InChI is InChI=1S/C25H34N2O3/c1-19(2)25(29)26-15-20-7-6-14-27(16-20)17-23(28)18-30-24-12-10-22(11-13-24)21-8-4-3-5-9-21/h3-5,8-13,19-20,23,28H,6-7,14-18H2,1-2H3,(H,26,29). The number of carbonyl (C=O) groups excluding carboxylic acids is 1. The molecule has 1 aliphatic heterocycles. The number of rotatable bonds is 9. The van der Waals surface area contributed by atoms with Crippen LogP contribution in [0.5, 0.6) is 5.75 Å². The van der Waals surface area contributed by atoms with Crippen molar-refractivity contribution in [1.29, 1.82) is 0 Å². The molecule has 1 amide bonds. The van der Waals surface area contributed by atoms with Crippen LogP contribution in [0.2, 0.25) is 0 Å². The van der Waals surface area contributed by atoms with Gasteiger partial charge in [0, 0.05) is 25.6 Å². The molecule has 0 radical (unpaired) electrons. The lowest BCUT2D eigenvalue weighted by molar-refractivity contribution is -0.124. The molecule has 1 fully saturated rings. The van der Waals surface area contributed by atoms with Gasteiger partial charge in [-0.1, -0.05) is 56.3 Å². The zero-order chi connectivity index (χ0) is 21.3. The van der Waals surface area contributed by atoms with E-state index in [0.29, 0.717) is 19.0 Å². The minimum absolute atomic E-state index is 0.0189. The number of benzene rings is 2. The highest BCUT2D eigenvalue weighted by atomic mass is 16.5. The maximum atomic E-state index is 11.8. The first-order valence-corrected chi connectivity index (χ1v) is 11.0. The third-order valence-corrected chi connectivity index (χ3v) is 5.57. The fourth-order valence-corrected chi connectivity index (χ4v) is 3.85. The smallest absolute Gasteiger partial charge is 0.222 e. The van der Waals surface area contributed by atoms with Gasteiger partial charge in [0.15, 0.2) is 0 Å². The first-order chi connectivity index (χ1) is 14.5. The van der Waals surface area contributed by atoms with E-state index in [9.17, 15) is 9.90 Å². The van der Waals surface area contributed by atoms with Gasteiger partial charge in [-0.25, -0.2) is 0 Å². The molecule has 1 heterocycles. The lowest BCUT2D eigenvalue weighted by Gasteiger charge is -2.34. The Morgan fingerprint density at radius 2 is 1.83 bits per heavy atom. The summed E-state index contributed by atoms with van der Waals surface area (Å²) >= 11 is 0. The molecular weight excluding hydrogens is 376 g/mol. The summed E-state index contributed by atoms with van der Waals surface area (Å²) < 4.78 is 5.80. The number of piperidine rings is 1. The predicted octanol–water partition coefficient (Wildman–Crippen LogP) is 3.58. The van der Waals surface area contributed by atoms with E-state index in [1.165, 1.54) is 5.56 Å². The predicted molar refractivity (Wildman–Crippen MR) is 120 cm³/mol. The van der Waals surface area contributed by atoms with Gasteiger partial charge in [0.25, 0.3) is 0 Å². The van der Waals surface area contributed by atoms with Gasteiger partial charge in [-0.05, 0) is 48.6 Å². The van der Waals surface area contributed by atoms with Gasteiger partial charge in [-0.15, -0.1) is 0 Å². The van der Waals surface area contributed by atoms with Crippen molar-refractivity contribution in [1.82, 2.24) is 10.2 Å². The van der Waals surface area contributed by atoms with Gasteiger partial charge in [-0.2, -0.15) is 0 Å². The maximum Gasteiger partial charge on any atom is 0.222 e. The maximum absolute atomic E-state index is 11.8. The number of nitrogens with zero attached hydrogens (tertiary/aromatic N) is 1. The summed E-state index contributed by atoms with van der Waals surface area (Å²) in [6, 6.07) is 18.2. The summed E-state index contributed by atoms with van der Waals surface area (Å²) in [4.78, 5) is 14.1. The van der Waals surface area contributed by atoms with E-state index in [2.05, 4.69) is 22.3 Å². The second kappa shape index (κ2) is 11.1. The quantitative estimate of drug-likeness (QED) is 0.663. The van der Waals surface area contributed by atoms with Crippen LogP contribution in [0.1, 0.15) is 26.7 Å². The molecule has 162 valence electrons. The van der Waals surface area contributed by atoms with E-state index < -0.39 is 6.10 Å². The van der Waals surface area contributed by atoms with Gasteiger partial charge in [0.1, 0.15) is 18.5 Å². The fourth-order valence-electron chi connectivity index (χ4n) is 3.85. The Morgan fingerprint density at radius 1 is 1.13 bits per heavy atom. The Kier molecular flexibility index (Phi) is 8.29. The van der Waals surface area contributed by atoms with Crippen LogP contribution >= 0.6 is 0 Å². The van der Waals surface area contributed by atoms with Crippen LogP contribution in [-0.4, -0.2) is 54.8 Å². The average molecular weight is 411 g/mol. The molecule has 0 bridgehead atoms. The van der Waals surface area contributed by atoms with E-state index in [4.69, 9.17) is 4.74 Å². The number of likely N-dealkylation sites (tertiary alicyclic amines) is 1. The zero-order valence-electron chi connectivity index (χ0n) is 18.1. The SMILES string of the molecule is CC(C)C(=O)NCC1CCCN(CC(O)COc2ccc(-c3ccccc3)cc2)C1. The number of hydrogen-bond acceptors (Lipinski definition) is 4. The number of carbonyl (C=O) groups is 1. The molecule has 5 heteroatoms. The van der Waals surface area contributed by atoms with Gasteiger partial charge in [-0.3, -0.25) is 4.79 Å². The van der Waals surface area contributed by atoms with Crippen LogP contribution in [0, 0.1) is 11.8 Å². The highest BCUT2D eigenvalue weighted by Gasteiger charge is 2.22. The topological polar surface area (TPSA) is 61.8 Å². The number of amides is 1. The van der Waals surface area contributed by atoms with Crippen LogP contribution in [0.25, 0.3) is 11.1 Å². The molecule has 2 N–H and O–H groups in total. The van der Waals surface area contributed by atoms with Crippen molar-refractivity contribution in [2.75, 3.05) is 32.8 Å². The molecule has 1 aliphatic rings. The van der Waals surface area contributed by atoms with E-state index in [-0.39, 0.29) is 18.4 Å². The summed E-state index contributed by atoms with van der Waals surface area (Å²) in [7, 11) is 0. The highest BCUT2D eigenvalue weighted by Crippen LogP contribution is 2.22. The van der Waals surface area contributed by atoms with Gasteiger partial charge in [0.05, 0.1) is 0 Å². The first kappa shape index (κ1) is 22.3. The lowest BCUT2D eigenvalue weighted by atomic mass is 9.97. The van der Waals surface area contributed by atoms with Crippen LogP contribution in [-0.2, 0) is 4.79 Å². The van der Waals surface area contributed by atoms with E-state index in [0.717, 1.165) is 37.2 Å². The second-order valence-electron chi connectivity index (χ2n) is 8.52. The molecule has 0 aliphatic carbocycles. The number of β-amino-alcohol motifs (C(OH)–C–C–N with tert-alkyl or cyclic N) is 1. The minimum Gasteiger partial charge on any atom is -0.491 e. The lowest BCUT2D eigenvalue weighted by Crippen LogP contribution is -2.45. The van der Waals surface area contributed by atoms with Crippen LogP contribution in [0.3, 0.4) is 0 Å². The third kappa shape index (κ3) is 6.85. The summed E-state index contributed by atoms with van der Waals surface area (Å²) in [6.07, 6.45) is 1.68. The third-order valence-electron chi connectivity index (χ3n) is 5.57. The monoisotopic (exact) mass is 410 g/mol. The van der Waals surface area contributed by atoms with Gasteiger partial charge >= 0.3 is 0 Å². The van der Waals surface area contributed by atoms with E-state index in [1.54, 1.807) is 0 Å². The van der Waals surface area contributed by atoms with E-state index in [1.807, 2.05) is 56.3 Å². The highest BCUT2D eigenvalue weighted by molar-refractivity contribution is 5.77. The molecule has 0 aromatic heterocycles. The largest absolute Gasteiger partial charge is 0.491 e. The van der Waals surface area contributed by atoms with Crippen molar-refractivity contribution in [2.24, 2.45) is 11.8 Å². The van der Waals surface area contributed by atoms with Crippen molar-refractivity contribution >= 4 is 5.91 Å². The Morgan fingerprint density at radius 3 is 2.53 bits per heavy atom. The van der Waals surface area contributed by atoms with Crippen molar-refractivity contribution < 1.29 is 14.6 Å². The Bertz CT molecular complexity index is 777. The minimum atomic E-state index is -0.539. The summed E-state index contributed by atoms with van der Waals surface area (Å²) in [5, 5.41) is 13.5. The normalized spacial score (nSPS) is 18.2. The van der Waals surface area contributed by atoms with Crippen LogP contribution < -0.4 is 10.1 Å². The molecule has 1 saturated heterocycles. The summed E-state index contributed by atoms with van der Waals surface area (Å²) in [5.41, 5.74) is 2.32. The molecular formula is C25H34N2O3.